The third-order valence-corrected chi connectivity index (χ3v) is 9.23. The quantitative estimate of drug-likeness (QED) is 0.478. The first-order chi connectivity index (χ1) is 18.1. The van der Waals surface area contributed by atoms with Gasteiger partial charge >= 0.3 is 0 Å². The summed E-state index contributed by atoms with van der Waals surface area (Å²) in [5.74, 6) is 2.11. The van der Waals surface area contributed by atoms with E-state index < -0.39 is 0 Å². The van der Waals surface area contributed by atoms with E-state index in [1.54, 1.807) is 18.9 Å². The molecule has 198 valence electrons. The van der Waals surface area contributed by atoms with Gasteiger partial charge in [0.25, 0.3) is 5.91 Å². The zero-order valence-corrected chi connectivity index (χ0v) is 22.8. The van der Waals surface area contributed by atoms with E-state index in [0.717, 1.165) is 50.3 Å². The number of methoxy groups -OCH3 is 1. The van der Waals surface area contributed by atoms with E-state index in [-0.39, 0.29) is 23.8 Å². The lowest BCUT2D eigenvalue weighted by Crippen LogP contribution is -2.36. The van der Waals surface area contributed by atoms with Gasteiger partial charge in [-0.2, -0.15) is 0 Å². The maximum absolute atomic E-state index is 13.4. The molecule has 0 bridgehead atoms. The van der Waals surface area contributed by atoms with Gasteiger partial charge < -0.3 is 15.0 Å². The Hall–Kier alpha value is -2.51. The summed E-state index contributed by atoms with van der Waals surface area (Å²) in [6, 6.07) is 16.8. The lowest BCUT2D eigenvalue weighted by atomic mass is 10.0. The first-order valence-corrected chi connectivity index (χ1v) is 14.9. The predicted octanol–water partition coefficient (Wildman–Crippen LogP) is 4.86. The van der Waals surface area contributed by atoms with Crippen LogP contribution in [0, 0.1) is 17.8 Å². The standard InChI is InChI=1S/C30H39N3O3S/c1-36-28-16-25(37-2)12-13-26(28)30(35)33-19-23-17-32(18-24(23)20-33)27(21-8-4-3-5-9-21)14-15-31-29(34)22-10-6-7-11-22/h3-5,8-9,12-13,16,22-24,27H,6-7,10-11,14-15,17-20H2,1-2H3,(H,31,34)/t23?,24?,27-/m0/s1. The summed E-state index contributed by atoms with van der Waals surface area (Å²) < 4.78 is 5.55. The van der Waals surface area contributed by atoms with E-state index in [4.69, 9.17) is 4.74 Å². The lowest BCUT2D eigenvalue weighted by Gasteiger charge is -2.30. The predicted molar refractivity (Wildman–Crippen MR) is 148 cm³/mol. The maximum Gasteiger partial charge on any atom is 0.257 e. The van der Waals surface area contributed by atoms with Crippen LogP contribution in [0.15, 0.2) is 53.4 Å². The highest BCUT2D eigenvalue weighted by Crippen LogP contribution is 2.38. The summed E-state index contributed by atoms with van der Waals surface area (Å²) in [6.45, 7) is 4.23. The van der Waals surface area contributed by atoms with Crippen LogP contribution < -0.4 is 10.1 Å². The molecule has 0 radical (unpaired) electrons. The minimum absolute atomic E-state index is 0.0692. The molecule has 1 aliphatic carbocycles. The summed E-state index contributed by atoms with van der Waals surface area (Å²) in [5, 5.41) is 3.23. The summed E-state index contributed by atoms with van der Waals surface area (Å²) in [5.41, 5.74) is 1.96. The first kappa shape index (κ1) is 26.1. The molecule has 1 N–H and O–H groups in total. The minimum atomic E-state index is 0.0692. The topological polar surface area (TPSA) is 61.9 Å². The molecule has 2 amide bonds. The number of hydrogen-bond acceptors (Lipinski definition) is 5. The highest BCUT2D eigenvalue weighted by molar-refractivity contribution is 7.98. The third-order valence-electron chi connectivity index (χ3n) is 8.51. The maximum atomic E-state index is 13.4. The molecule has 0 aromatic heterocycles. The van der Waals surface area contributed by atoms with E-state index in [9.17, 15) is 9.59 Å². The van der Waals surface area contributed by atoms with Crippen molar-refractivity contribution in [1.82, 2.24) is 15.1 Å². The van der Waals surface area contributed by atoms with E-state index in [2.05, 4.69) is 40.5 Å². The number of amides is 2. The summed E-state index contributed by atoms with van der Waals surface area (Å²) >= 11 is 1.65. The van der Waals surface area contributed by atoms with E-state index in [1.165, 1.54) is 18.4 Å². The van der Waals surface area contributed by atoms with Crippen LogP contribution in [0.1, 0.15) is 54.1 Å². The largest absolute Gasteiger partial charge is 0.496 e. The average Bonchev–Trinajstić information content (AvgIpc) is 3.68. The van der Waals surface area contributed by atoms with Crippen molar-refractivity contribution in [1.29, 1.82) is 0 Å². The second-order valence-electron chi connectivity index (χ2n) is 10.7. The van der Waals surface area contributed by atoms with Crippen molar-refractivity contribution < 1.29 is 14.3 Å². The molecule has 2 aromatic carbocycles. The molecule has 1 saturated carbocycles. The molecular formula is C30H39N3O3S. The van der Waals surface area contributed by atoms with E-state index >= 15 is 0 Å². The molecule has 2 saturated heterocycles. The first-order valence-electron chi connectivity index (χ1n) is 13.7. The van der Waals surface area contributed by atoms with Crippen molar-refractivity contribution in [3.63, 3.8) is 0 Å². The van der Waals surface area contributed by atoms with Crippen LogP contribution in [0.5, 0.6) is 5.75 Å². The minimum Gasteiger partial charge on any atom is -0.496 e. The Labute approximate surface area is 225 Å². The Bertz CT molecular complexity index is 1070. The highest BCUT2D eigenvalue weighted by atomic mass is 32.2. The van der Waals surface area contributed by atoms with Crippen LogP contribution in [0.4, 0.5) is 0 Å². The van der Waals surface area contributed by atoms with Gasteiger partial charge in [-0.05, 0) is 61.1 Å². The van der Waals surface area contributed by atoms with Crippen LogP contribution >= 0.6 is 11.8 Å². The van der Waals surface area contributed by atoms with Crippen molar-refractivity contribution in [2.24, 2.45) is 17.8 Å². The molecule has 37 heavy (non-hydrogen) atoms. The Balaban J connectivity index is 1.21. The van der Waals surface area contributed by atoms with Crippen molar-refractivity contribution in [2.75, 3.05) is 46.1 Å². The average molecular weight is 522 g/mol. The van der Waals surface area contributed by atoms with Crippen molar-refractivity contribution in [3.8, 4) is 5.75 Å². The summed E-state index contributed by atoms with van der Waals surface area (Å²) in [7, 11) is 1.63. The number of nitrogens with zero attached hydrogens (tertiary/aromatic N) is 2. The zero-order valence-electron chi connectivity index (χ0n) is 22.0. The number of benzene rings is 2. The number of hydrogen-bond donors (Lipinski definition) is 1. The van der Waals surface area contributed by atoms with Gasteiger partial charge in [0, 0.05) is 49.6 Å². The fourth-order valence-corrected chi connectivity index (χ4v) is 6.92. The molecule has 3 aliphatic rings. The number of fused-ring (bicyclic) bond motifs is 1. The Morgan fingerprint density at radius 1 is 1.03 bits per heavy atom. The number of nitrogens with one attached hydrogen (secondary N) is 1. The van der Waals surface area contributed by atoms with Gasteiger partial charge in [0.2, 0.25) is 5.91 Å². The molecule has 3 atom stereocenters. The van der Waals surface area contributed by atoms with Gasteiger partial charge in [0.15, 0.2) is 0 Å². The number of carbonyl (C=O) groups excluding carboxylic acids is 2. The number of ether oxygens (including phenoxy) is 1. The molecule has 2 aromatic rings. The zero-order chi connectivity index (χ0) is 25.8. The van der Waals surface area contributed by atoms with Gasteiger partial charge in [-0.15, -0.1) is 11.8 Å². The molecule has 0 spiro atoms. The second kappa shape index (κ2) is 11.9. The molecule has 2 heterocycles. The summed E-state index contributed by atoms with van der Waals surface area (Å²) in [6.07, 6.45) is 7.35. The SMILES string of the molecule is COc1cc(SC)ccc1C(=O)N1CC2CN([C@@H](CCNC(=O)C3CCCC3)c3ccccc3)CC2C1. The molecule has 7 heteroatoms. The normalized spacial score (nSPS) is 22.7. The Kier molecular flexibility index (Phi) is 8.40. The van der Waals surface area contributed by atoms with Gasteiger partial charge in [0.1, 0.15) is 5.75 Å². The molecule has 6 nitrogen and oxygen atoms in total. The number of thioether (sulfide) groups is 1. The molecule has 5 rings (SSSR count). The van der Waals surface area contributed by atoms with Crippen molar-refractivity contribution in [2.45, 2.75) is 43.0 Å². The molecule has 2 aliphatic heterocycles. The van der Waals surface area contributed by atoms with Gasteiger partial charge in [-0.3, -0.25) is 14.5 Å². The van der Waals surface area contributed by atoms with Crippen molar-refractivity contribution >= 4 is 23.6 Å². The highest BCUT2D eigenvalue weighted by Gasteiger charge is 2.44. The molecule has 2 unspecified atom stereocenters. The smallest absolute Gasteiger partial charge is 0.257 e. The van der Waals surface area contributed by atoms with Crippen LogP contribution in [0.2, 0.25) is 0 Å². The second-order valence-corrected chi connectivity index (χ2v) is 11.6. The third kappa shape index (κ3) is 5.83. The fourth-order valence-electron chi connectivity index (χ4n) is 6.49. The molecular weight excluding hydrogens is 482 g/mol. The summed E-state index contributed by atoms with van der Waals surface area (Å²) in [4.78, 5) is 31.7. The van der Waals surface area contributed by atoms with E-state index in [1.807, 2.05) is 29.4 Å². The van der Waals surface area contributed by atoms with Gasteiger partial charge in [-0.25, -0.2) is 0 Å². The number of rotatable bonds is 9. The van der Waals surface area contributed by atoms with Crippen LogP contribution in [0.3, 0.4) is 0 Å². The number of likely N-dealkylation sites (tertiary alicyclic amines) is 2. The Morgan fingerprint density at radius 3 is 2.38 bits per heavy atom. The van der Waals surface area contributed by atoms with Gasteiger partial charge in [-0.1, -0.05) is 43.2 Å². The fraction of sp³-hybridized carbons (Fsp3) is 0.533. The van der Waals surface area contributed by atoms with Crippen LogP contribution in [0.25, 0.3) is 0 Å². The molecule has 3 fully saturated rings. The lowest BCUT2D eigenvalue weighted by molar-refractivity contribution is -0.124. The van der Waals surface area contributed by atoms with Crippen molar-refractivity contribution in [3.05, 3.63) is 59.7 Å². The van der Waals surface area contributed by atoms with Crippen LogP contribution in [-0.2, 0) is 4.79 Å². The van der Waals surface area contributed by atoms with Gasteiger partial charge in [0.05, 0.1) is 12.7 Å². The Morgan fingerprint density at radius 2 is 1.73 bits per heavy atom. The van der Waals surface area contributed by atoms with Crippen LogP contribution in [-0.4, -0.2) is 67.7 Å². The monoisotopic (exact) mass is 521 g/mol. The number of carbonyl (C=O) groups is 2. The van der Waals surface area contributed by atoms with E-state index in [0.29, 0.717) is 29.7 Å².